The topological polar surface area (TPSA) is 21.3 Å². The van der Waals surface area contributed by atoms with Gasteiger partial charge in [0.2, 0.25) is 0 Å². The van der Waals surface area contributed by atoms with Crippen LogP contribution in [0.3, 0.4) is 0 Å². The van der Waals surface area contributed by atoms with E-state index in [4.69, 9.17) is 4.74 Å². The molecule has 0 bridgehead atoms. The maximum absolute atomic E-state index is 6.17. The molecule has 2 atom stereocenters. The first kappa shape index (κ1) is 16.0. The molecule has 1 saturated carbocycles. The van der Waals surface area contributed by atoms with Gasteiger partial charge in [-0.25, -0.2) is 0 Å². The summed E-state index contributed by atoms with van der Waals surface area (Å²) in [5, 5.41) is 3.73. The lowest BCUT2D eigenvalue weighted by Gasteiger charge is -2.44. The molecule has 1 aliphatic carbocycles. The lowest BCUT2D eigenvalue weighted by atomic mass is 9.71. The Morgan fingerprint density at radius 3 is 2.61 bits per heavy atom. The molecule has 1 fully saturated rings. The average molecular weight is 255 g/mol. The Labute approximate surface area is 114 Å². The summed E-state index contributed by atoms with van der Waals surface area (Å²) >= 11 is 0. The number of hydrogen-bond acceptors (Lipinski definition) is 2. The van der Waals surface area contributed by atoms with E-state index in [1.807, 2.05) is 0 Å². The summed E-state index contributed by atoms with van der Waals surface area (Å²) in [7, 11) is 0. The lowest BCUT2D eigenvalue weighted by molar-refractivity contribution is -0.0381. The third-order valence-electron chi connectivity index (χ3n) is 4.22. The van der Waals surface area contributed by atoms with E-state index in [0.717, 1.165) is 13.2 Å². The highest BCUT2D eigenvalue weighted by Crippen LogP contribution is 2.37. The molecule has 0 spiro atoms. The van der Waals surface area contributed by atoms with Crippen molar-refractivity contribution in [3.05, 3.63) is 0 Å². The van der Waals surface area contributed by atoms with Gasteiger partial charge in [-0.2, -0.15) is 0 Å². The van der Waals surface area contributed by atoms with Gasteiger partial charge in [-0.1, -0.05) is 47.0 Å². The number of hydrogen-bond donors (Lipinski definition) is 1. The van der Waals surface area contributed by atoms with E-state index in [-0.39, 0.29) is 0 Å². The molecule has 0 amide bonds. The Balaban J connectivity index is 2.45. The fourth-order valence-electron chi connectivity index (χ4n) is 3.06. The Bertz CT molecular complexity index is 215. The maximum atomic E-state index is 6.17. The van der Waals surface area contributed by atoms with E-state index in [9.17, 15) is 0 Å². The highest BCUT2D eigenvalue weighted by molar-refractivity contribution is 4.94. The number of nitrogens with one attached hydrogen (secondary N) is 1. The molecule has 1 rings (SSSR count). The minimum absolute atomic E-state index is 0.378. The molecule has 0 radical (unpaired) electrons. The van der Waals surface area contributed by atoms with Gasteiger partial charge in [-0.3, -0.25) is 0 Å². The van der Waals surface area contributed by atoms with Gasteiger partial charge in [0.15, 0.2) is 0 Å². The van der Waals surface area contributed by atoms with Crippen LogP contribution in [0.1, 0.15) is 72.6 Å². The van der Waals surface area contributed by atoms with Gasteiger partial charge >= 0.3 is 0 Å². The van der Waals surface area contributed by atoms with Crippen LogP contribution in [0.4, 0.5) is 0 Å². The molecule has 0 heterocycles. The smallest absolute Gasteiger partial charge is 0.0733 e. The van der Waals surface area contributed by atoms with Crippen LogP contribution in [0.5, 0.6) is 0 Å². The first-order valence-electron chi connectivity index (χ1n) is 7.96. The second-order valence-electron chi connectivity index (χ2n) is 6.43. The molecular formula is C16H33NO. The van der Waals surface area contributed by atoms with Gasteiger partial charge < -0.3 is 10.1 Å². The Morgan fingerprint density at radius 2 is 1.94 bits per heavy atom. The van der Waals surface area contributed by atoms with Gasteiger partial charge in [0.1, 0.15) is 0 Å². The molecule has 2 unspecified atom stereocenters. The van der Waals surface area contributed by atoms with Crippen LogP contribution < -0.4 is 5.32 Å². The predicted molar refractivity (Wildman–Crippen MR) is 79.0 cm³/mol. The third kappa shape index (κ3) is 4.89. The molecule has 1 N–H and O–H groups in total. The SMILES string of the molecule is CCCCCOC1CCCC(C)(C)C1NCCC. The van der Waals surface area contributed by atoms with Gasteiger partial charge in [-0.05, 0) is 37.6 Å². The number of rotatable bonds is 8. The molecule has 108 valence electrons. The van der Waals surface area contributed by atoms with Crippen molar-refractivity contribution in [3.63, 3.8) is 0 Å². The van der Waals surface area contributed by atoms with Gasteiger partial charge in [-0.15, -0.1) is 0 Å². The van der Waals surface area contributed by atoms with Crippen LogP contribution in [0, 0.1) is 5.41 Å². The predicted octanol–water partition coefficient (Wildman–Crippen LogP) is 4.14. The molecule has 18 heavy (non-hydrogen) atoms. The minimum atomic E-state index is 0.378. The zero-order chi connectivity index (χ0) is 13.4. The maximum Gasteiger partial charge on any atom is 0.0733 e. The second kappa shape index (κ2) is 8.16. The second-order valence-corrected chi connectivity index (χ2v) is 6.43. The van der Waals surface area contributed by atoms with Crippen LogP contribution in [0.25, 0.3) is 0 Å². The molecule has 0 aliphatic heterocycles. The fraction of sp³-hybridized carbons (Fsp3) is 1.00. The molecule has 2 heteroatoms. The summed E-state index contributed by atoms with van der Waals surface area (Å²) in [6.45, 7) is 11.3. The average Bonchev–Trinajstić information content (AvgIpc) is 2.33. The largest absolute Gasteiger partial charge is 0.377 e. The zero-order valence-corrected chi connectivity index (χ0v) is 12.9. The zero-order valence-electron chi connectivity index (χ0n) is 12.9. The Kier molecular flexibility index (Phi) is 7.25. The van der Waals surface area contributed by atoms with Crippen molar-refractivity contribution in [2.24, 2.45) is 5.41 Å². The first-order chi connectivity index (χ1) is 8.61. The van der Waals surface area contributed by atoms with Crippen molar-refractivity contribution in [2.45, 2.75) is 84.8 Å². The highest BCUT2D eigenvalue weighted by Gasteiger charge is 2.38. The molecule has 0 aromatic heterocycles. The quantitative estimate of drug-likeness (QED) is 0.658. The van der Waals surface area contributed by atoms with Gasteiger partial charge in [0, 0.05) is 12.6 Å². The van der Waals surface area contributed by atoms with Gasteiger partial charge in [0.05, 0.1) is 6.10 Å². The normalized spacial score (nSPS) is 27.3. The van der Waals surface area contributed by atoms with E-state index < -0.39 is 0 Å². The van der Waals surface area contributed by atoms with E-state index in [2.05, 4.69) is 33.0 Å². The van der Waals surface area contributed by atoms with Gasteiger partial charge in [0.25, 0.3) is 0 Å². The Morgan fingerprint density at radius 1 is 1.17 bits per heavy atom. The van der Waals surface area contributed by atoms with E-state index in [1.165, 1.54) is 44.9 Å². The monoisotopic (exact) mass is 255 g/mol. The van der Waals surface area contributed by atoms with E-state index in [1.54, 1.807) is 0 Å². The third-order valence-corrected chi connectivity index (χ3v) is 4.22. The van der Waals surface area contributed by atoms with Crippen molar-refractivity contribution in [1.82, 2.24) is 5.32 Å². The minimum Gasteiger partial charge on any atom is -0.377 e. The Hall–Kier alpha value is -0.0800. The summed E-state index contributed by atoms with van der Waals surface area (Å²) in [6, 6.07) is 0.535. The van der Waals surface area contributed by atoms with Crippen molar-refractivity contribution in [3.8, 4) is 0 Å². The highest BCUT2D eigenvalue weighted by atomic mass is 16.5. The summed E-state index contributed by atoms with van der Waals surface area (Å²) in [5.74, 6) is 0. The van der Waals surface area contributed by atoms with E-state index in [0.29, 0.717) is 17.6 Å². The van der Waals surface area contributed by atoms with Crippen molar-refractivity contribution < 1.29 is 4.74 Å². The molecule has 2 nitrogen and oxygen atoms in total. The number of unbranched alkanes of at least 4 members (excludes halogenated alkanes) is 2. The van der Waals surface area contributed by atoms with Crippen LogP contribution in [-0.2, 0) is 4.74 Å². The molecular weight excluding hydrogens is 222 g/mol. The van der Waals surface area contributed by atoms with E-state index >= 15 is 0 Å². The van der Waals surface area contributed by atoms with Crippen molar-refractivity contribution in [1.29, 1.82) is 0 Å². The fourth-order valence-corrected chi connectivity index (χ4v) is 3.06. The molecule has 1 aliphatic rings. The van der Waals surface area contributed by atoms with Crippen molar-refractivity contribution >= 4 is 0 Å². The molecule has 0 aromatic carbocycles. The summed E-state index contributed by atoms with van der Waals surface area (Å²) in [5.41, 5.74) is 0.378. The standard InChI is InChI=1S/C16H33NO/c1-5-7-8-13-18-14-10-9-11-16(3,4)15(14)17-12-6-2/h14-15,17H,5-13H2,1-4H3. The number of ether oxygens (including phenoxy) is 1. The van der Waals surface area contributed by atoms with Crippen LogP contribution in [0.2, 0.25) is 0 Å². The van der Waals surface area contributed by atoms with Crippen LogP contribution in [-0.4, -0.2) is 25.3 Å². The van der Waals surface area contributed by atoms with Crippen LogP contribution >= 0.6 is 0 Å². The summed E-state index contributed by atoms with van der Waals surface area (Å²) < 4.78 is 6.17. The molecule has 0 aromatic rings. The lowest BCUT2D eigenvalue weighted by Crippen LogP contribution is -2.53. The molecule has 0 saturated heterocycles. The summed E-state index contributed by atoms with van der Waals surface area (Å²) in [4.78, 5) is 0. The van der Waals surface area contributed by atoms with Crippen LogP contribution in [0.15, 0.2) is 0 Å². The summed E-state index contributed by atoms with van der Waals surface area (Å²) in [6.07, 6.45) is 9.29. The van der Waals surface area contributed by atoms with Crippen molar-refractivity contribution in [2.75, 3.05) is 13.2 Å². The first-order valence-corrected chi connectivity index (χ1v) is 7.96.